The van der Waals surface area contributed by atoms with Gasteiger partial charge in [-0.05, 0) is 44.7 Å². The first-order chi connectivity index (χ1) is 10.6. The number of amides is 2. The summed E-state index contributed by atoms with van der Waals surface area (Å²) < 4.78 is 0. The Hall–Kier alpha value is -1.91. The maximum absolute atomic E-state index is 12.5. The van der Waals surface area contributed by atoms with Gasteiger partial charge in [-0.1, -0.05) is 6.07 Å². The highest BCUT2D eigenvalue weighted by Gasteiger charge is 2.36. The minimum atomic E-state index is -0.108. The third kappa shape index (κ3) is 3.46. The third-order valence-corrected chi connectivity index (χ3v) is 4.52. The minimum Gasteiger partial charge on any atom is -0.348 e. The van der Waals surface area contributed by atoms with Crippen molar-refractivity contribution in [3.8, 4) is 0 Å². The van der Waals surface area contributed by atoms with Crippen LogP contribution in [0.1, 0.15) is 44.3 Å². The molecule has 22 heavy (non-hydrogen) atoms. The first-order valence-corrected chi connectivity index (χ1v) is 8.15. The van der Waals surface area contributed by atoms with Gasteiger partial charge in [0.25, 0.3) is 0 Å². The number of piperidine rings is 1. The van der Waals surface area contributed by atoms with E-state index < -0.39 is 0 Å². The molecule has 5 nitrogen and oxygen atoms in total. The predicted octanol–water partition coefficient (Wildman–Crippen LogP) is 1.91. The highest BCUT2D eigenvalue weighted by atomic mass is 16.2. The van der Waals surface area contributed by atoms with Gasteiger partial charge in [0.1, 0.15) is 0 Å². The van der Waals surface area contributed by atoms with Crippen LogP contribution in [-0.4, -0.2) is 34.8 Å². The van der Waals surface area contributed by atoms with Crippen LogP contribution in [0.3, 0.4) is 0 Å². The summed E-state index contributed by atoms with van der Waals surface area (Å²) in [5.74, 6) is 0.415. The van der Waals surface area contributed by atoms with Gasteiger partial charge in [-0.15, -0.1) is 0 Å². The summed E-state index contributed by atoms with van der Waals surface area (Å²) in [7, 11) is 0. The monoisotopic (exact) mass is 301 g/mol. The van der Waals surface area contributed by atoms with E-state index in [1.807, 2.05) is 30.0 Å². The second-order valence-corrected chi connectivity index (χ2v) is 6.38. The molecule has 1 aromatic rings. The zero-order valence-corrected chi connectivity index (χ0v) is 13.0. The van der Waals surface area contributed by atoms with Gasteiger partial charge in [-0.2, -0.15) is 0 Å². The molecular formula is C17H23N3O2. The lowest BCUT2D eigenvalue weighted by molar-refractivity contribution is -0.137. The number of hydrogen-bond acceptors (Lipinski definition) is 3. The fourth-order valence-electron chi connectivity index (χ4n) is 3.02. The van der Waals surface area contributed by atoms with Crippen molar-refractivity contribution in [2.75, 3.05) is 13.1 Å². The van der Waals surface area contributed by atoms with Gasteiger partial charge in [0.2, 0.25) is 11.8 Å². The molecule has 0 aromatic carbocycles. The van der Waals surface area contributed by atoms with E-state index in [0.29, 0.717) is 6.54 Å². The number of rotatable bonds is 4. The maximum atomic E-state index is 12.5. The molecular weight excluding hydrogens is 278 g/mol. The Bertz CT molecular complexity index is 542. The van der Waals surface area contributed by atoms with E-state index >= 15 is 0 Å². The molecule has 1 saturated carbocycles. The number of pyridine rings is 1. The summed E-state index contributed by atoms with van der Waals surface area (Å²) in [6.07, 6.45) is 5.53. The fourth-order valence-corrected chi connectivity index (χ4v) is 3.02. The quantitative estimate of drug-likeness (QED) is 0.924. The zero-order valence-electron chi connectivity index (χ0n) is 13.0. The summed E-state index contributed by atoms with van der Waals surface area (Å²) in [5.41, 5.74) is 0.859. The van der Waals surface area contributed by atoms with Crippen molar-refractivity contribution >= 4 is 11.8 Å². The largest absolute Gasteiger partial charge is 0.348 e. The molecule has 1 N–H and O–H groups in total. The first kappa shape index (κ1) is 15.0. The number of carbonyl (C=O) groups is 2. The van der Waals surface area contributed by atoms with Crippen molar-refractivity contribution in [3.05, 3.63) is 30.1 Å². The van der Waals surface area contributed by atoms with E-state index in [2.05, 4.69) is 10.3 Å². The second-order valence-electron chi connectivity index (χ2n) is 6.38. The standard InChI is InChI=1S/C17H23N3O2/c1-12(15-6-2-3-9-18-15)19-16(21)14-5-4-10-20(11-14)17(22)13-7-8-13/h2-3,6,9,12-14H,4-5,7-8,10-11H2,1H3,(H,19,21)/t12-,14-/m1/s1. The van der Waals surface area contributed by atoms with E-state index in [1.165, 1.54) is 0 Å². The van der Waals surface area contributed by atoms with E-state index in [1.54, 1.807) is 6.20 Å². The van der Waals surface area contributed by atoms with Crippen LogP contribution in [0, 0.1) is 11.8 Å². The summed E-state index contributed by atoms with van der Waals surface area (Å²) in [6, 6.07) is 5.58. The SMILES string of the molecule is C[C@@H](NC(=O)[C@@H]1CCCN(C(=O)C2CC2)C1)c1ccccn1. The average Bonchev–Trinajstić information content (AvgIpc) is 3.40. The van der Waals surface area contributed by atoms with Crippen LogP contribution in [-0.2, 0) is 9.59 Å². The summed E-state index contributed by atoms with van der Waals surface area (Å²) >= 11 is 0. The van der Waals surface area contributed by atoms with Crippen LogP contribution in [0.2, 0.25) is 0 Å². The van der Waals surface area contributed by atoms with Crippen molar-refractivity contribution < 1.29 is 9.59 Å². The smallest absolute Gasteiger partial charge is 0.225 e. The molecule has 2 aliphatic rings. The zero-order chi connectivity index (χ0) is 15.5. The Balaban J connectivity index is 1.56. The van der Waals surface area contributed by atoms with Gasteiger partial charge in [-0.3, -0.25) is 14.6 Å². The summed E-state index contributed by atoms with van der Waals surface area (Å²) in [5, 5.41) is 3.03. The van der Waals surface area contributed by atoms with Crippen molar-refractivity contribution in [1.29, 1.82) is 0 Å². The predicted molar refractivity (Wildman–Crippen MR) is 82.8 cm³/mol. The molecule has 3 rings (SSSR count). The van der Waals surface area contributed by atoms with Crippen LogP contribution >= 0.6 is 0 Å². The van der Waals surface area contributed by atoms with Crippen molar-refractivity contribution in [1.82, 2.24) is 15.2 Å². The van der Waals surface area contributed by atoms with E-state index in [9.17, 15) is 9.59 Å². The lowest BCUT2D eigenvalue weighted by Crippen LogP contribution is -2.46. The molecule has 1 saturated heterocycles. The van der Waals surface area contributed by atoms with Crippen LogP contribution in [0.4, 0.5) is 0 Å². The molecule has 118 valence electrons. The Morgan fingerprint density at radius 1 is 1.27 bits per heavy atom. The van der Waals surface area contributed by atoms with E-state index in [-0.39, 0.29) is 29.7 Å². The molecule has 1 aliphatic heterocycles. The van der Waals surface area contributed by atoms with E-state index in [0.717, 1.165) is 37.9 Å². The lowest BCUT2D eigenvalue weighted by Gasteiger charge is -2.32. The molecule has 2 atom stereocenters. The number of nitrogens with one attached hydrogen (secondary N) is 1. The highest BCUT2D eigenvalue weighted by molar-refractivity contribution is 5.83. The summed E-state index contributed by atoms with van der Waals surface area (Å²) in [6.45, 7) is 3.31. The minimum absolute atomic E-state index is 0.0338. The van der Waals surface area contributed by atoms with Gasteiger partial charge >= 0.3 is 0 Å². The summed E-state index contributed by atoms with van der Waals surface area (Å²) in [4.78, 5) is 30.8. The number of carbonyl (C=O) groups excluding carboxylic acids is 2. The van der Waals surface area contributed by atoms with Gasteiger partial charge in [-0.25, -0.2) is 0 Å². The lowest BCUT2D eigenvalue weighted by atomic mass is 9.96. The Morgan fingerprint density at radius 3 is 2.77 bits per heavy atom. The third-order valence-electron chi connectivity index (χ3n) is 4.52. The number of hydrogen-bond donors (Lipinski definition) is 1. The molecule has 0 radical (unpaired) electrons. The molecule has 2 amide bonds. The molecule has 2 fully saturated rings. The Labute approximate surface area is 131 Å². The highest BCUT2D eigenvalue weighted by Crippen LogP contribution is 2.32. The van der Waals surface area contributed by atoms with Crippen LogP contribution in [0.15, 0.2) is 24.4 Å². The van der Waals surface area contributed by atoms with Crippen LogP contribution < -0.4 is 5.32 Å². The van der Waals surface area contributed by atoms with Crippen molar-refractivity contribution in [2.45, 2.75) is 38.6 Å². The Morgan fingerprint density at radius 2 is 2.09 bits per heavy atom. The average molecular weight is 301 g/mol. The molecule has 0 spiro atoms. The number of aromatic nitrogens is 1. The molecule has 0 unspecified atom stereocenters. The van der Waals surface area contributed by atoms with Gasteiger partial charge in [0, 0.05) is 25.2 Å². The number of nitrogens with zero attached hydrogens (tertiary/aromatic N) is 2. The molecule has 0 bridgehead atoms. The number of likely N-dealkylation sites (tertiary alicyclic amines) is 1. The van der Waals surface area contributed by atoms with Crippen molar-refractivity contribution in [2.24, 2.45) is 11.8 Å². The normalized spacial score (nSPS) is 23.0. The molecule has 2 heterocycles. The second kappa shape index (κ2) is 6.46. The topological polar surface area (TPSA) is 62.3 Å². The van der Waals surface area contributed by atoms with Gasteiger partial charge < -0.3 is 10.2 Å². The Kier molecular flexibility index (Phi) is 4.41. The first-order valence-electron chi connectivity index (χ1n) is 8.15. The maximum Gasteiger partial charge on any atom is 0.225 e. The van der Waals surface area contributed by atoms with Crippen LogP contribution in [0.25, 0.3) is 0 Å². The fraction of sp³-hybridized carbons (Fsp3) is 0.588. The molecule has 1 aliphatic carbocycles. The molecule has 5 heteroatoms. The van der Waals surface area contributed by atoms with Crippen molar-refractivity contribution in [3.63, 3.8) is 0 Å². The van der Waals surface area contributed by atoms with Crippen LogP contribution in [0.5, 0.6) is 0 Å². The molecule has 1 aromatic heterocycles. The van der Waals surface area contributed by atoms with Gasteiger partial charge in [0.15, 0.2) is 0 Å². The van der Waals surface area contributed by atoms with Gasteiger partial charge in [0.05, 0.1) is 17.7 Å². The van der Waals surface area contributed by atoms with E-state index in [4.69, 9.17) is 0 Å².